The summed E-state index contributed by atoms with van der Waals surface area (Å²) in [6, 6.07) is 9.63. The van der Waals surface area contributed by atoms with Gasteiger partial charge >= 0.3 is 5.97 Å². The minimum atomic E-state index is -1.17. The van der Waals surface area contributed by atoms with Crippen LogP contribution >= 0.6 is 34.5 Å². The van der Waals surface area contributed by atoms with Gasteiger partial charge in [0, 0.05) is 40.1 Å². The van der Waals surface area contributed by atoms with Gasteiger partial charge < -0.3 is 19.3 Å². The fourth-order valence-corrected chi connectivity index (χ4v) is 7.40. The molecule has 0 unspecified atom stereocenters. The number of ether oxygens (including phenoxy) is 1. The number of nitrogens with zero attached hydrogens (tertiary/aromatic N) is 3. The monoisotopic (exact) mass is 629 g/mol. The summed E-state index contributed by atoms with van der Waals surface area (Å²) >= 11 is 14.5. The van der Waals surface area contributed by atoms with Crippen LogP contribution in [0.15, 0.2) is 46.3 Å². The van der Waals surface area contributed by atoms with Gasteiger partial charge in [0.25, 0.3) is 0 Å². The van der Waals surface area contributed by atoms with Crippen molar-refractivity contribution >= 4 is 45.6 Å². The topological polar surface area (TPSA) is 88.7 Å². The molecule has 0 spiro atoms. The van der Waals surface area contributed by atoms with Crippen molar-refractivity contribution in [1.82, 2.24) is 10.1 Å². The van der Waals surface area contributed by atoms with E-state index in [-0.39, 0.29) is 29.3 Å². The smallest absolute Gasteiger partial charge is 0.335 e. The molecule has 0 amide bonds. The Hall–Kier alpha value is -2.98. The van der Waals surface area contributed by atoms with Crippen molar-refractivity contribution in [3.05, 3.63) is 74.5 Å². The van der Waals surface area contributed by atoms with Gasteiger partial charge in [0.15, 0.2) is 5.13 Å². The quantitative estimate of drug-likeness (QED) is 0.198. The molecule has 2 aromatic heterocycles. The van der Waals surface area contributed by atoms with Gasteiger partial charge in [-0.3, -0.25) is 0 Å². The first-order valence-electron chi connectivity index (χ1n) is 14.1. The third-order valence-corrected chi connectivity index (χ3v) is 9.60. The molecule has 4 aromatic rings. The average molecular weight is 631 g/mol. The number of thiazole rings is 1. The number of hydrogen-bond acceptors (Lipinski definition) is 7. The van der Waals surface area contributed by atoms with E-state index in [0.717, 1.165) is 54.6 Å². The number of hydrogen-bond donors (Lipinski definition) is 1. The third kappa shape index (κ3) is 5.67. The number of carboxylic acid groups (broad SMARTS) is 1. The molecule has 11 heteroatoms. The molecule has 42 heavy (non-hydrogen) atoms. The molecule has 1 N–H and O–H groups in total. The van der Waals surface area contributed by atoms with E-state index < -0.39 is 11.8 Å². The number of piperidine rings is 1. The van der Waals surface area contributed by atoms with Crippen LogP contribution in [-0.2, 0) is 11.3 Å². The number of anilines is 1. The lowest BCUT2D eigenvalue weighted by molar-refractivity contribution is 0.00782. The Morgan fingerprint density at radius 3 is 2.64 bits per heavy atom. The number of benzene rings is 2. The Kier molecular flexibility index (Phi) is 8.29. The van der Waals surface area contributed by atoms with Crippen LogP contribution in [0, 0.1) is 5.82 Å². The van der Waals surface area contributed by atoms with E-state index in [1.54, 1.807) is 12.1 Å². The highest BCUT2D eigenvalue weighted by molar-refractivity contribution is 7.14. The van der Waals surface area contributed by atoms with Crippen LogP contribution in [0.3, 0.4) is 0 Å². The number of carboxylic acids is 1. The predicted octanol–water partition coefficient (Wildman–Crippen LogP) is 8.84. The number of aromatic nitrogens is 2. The zero-order valence-corrected chi connectivity index (χ0v) is 25.5. The summed E-state index contributed by atoms with van der Waals surface area (Å²) in [4.78, 5) is 18.3. The van der Waals surface area contributed by atoms with Gasteiger partial charge in [-0.25, -0.2) is 14.2 Å². The molecule has 6 rings (SSSR count). The first-order chi connectivity index (χ1) is 20.2. The van der Waals surface area contributed by atoms with Gasteiger partial charge in [0.05, 0.1) is 34.0 Å². The minimum Gasteiger partial charge on any atom is -0.478 e. The van der Waals surface area contributed by atoms with Crippen molar-refractivity contribution in [3.8, 4) is 22.5 Å². The second-order valence-electron chi connectivity index (χ2n) is 11.0. The Labute approximate surface area is 257 Å². The molecule has 0 radical (unpaired) electrons. The Morgan fingerprint density at radius 1 is 1.21 bits per heavy atom. The standard InChI is InChI=1S/C31H30Cl2FN3O4S/c1-3-19-13-20(40-14-22-28(36-41-29(22)17-7-8-17)27-23(32)5-4-6-24(27)33)11-16(2)37(19)31-35-26(15-42-31)21-10-9-18(30(38)39)12-25(21)34/h4-6,9-10,12,15-17,19-20H,3,7-8,11,13-14H2,1-2H3,(H,38,39)/t16-,19+,20+/m1/s1. The zero-order valence-electron chi connectivity index (χ0n) is 23.1. The maximum absolute atomic E-state index is 14.7. The number of rotatable bonds is 9. The second-order valence-corrected chi connectivity index (χ2v) is 12.6. The normalized spacial score (nSPS) is 20.7. The molecule has 3 atom stereocenters. The van der Waals surface area contributed by atoms with Crippen LogP contribution in [0.2, 0.25) is 10.0 Å². The van der Waals surface area contributed by atoms with E-state index in [9.17, 15) is 9.18 Å². The van der Waals surface area contributed by atoms with E-state index in [1.807, 2.05) is 11.4 Å². The van der Waals surface area contributed by atoms with Gasteiger partial charge in [-0.05, 0) is 69.4 Å². The van der Waals surface area contributed by atoms with E-state index >= 15 is 0 Å². The summed E-state index contributed by atoms with van der Waals surface area (Å²) in [5, 5.41) is 17.2. The first kappa shape index (κ1) is 29.1. The Morgan fingerprint density at radius 2 is 1.98 bits per heavy atom. The first-order valence-corrected chi connectivity index (χ1v) is 15.7. The molecule has 2 fully saturated rings. The lowest BCUT2D eigenvalue weighted by atomic mass is 9.92. The number of aromatic carboxylic acids is 1. The SMILES string of the molecule is CC[C@H]1C[C@@H](OCc2c(-c3c(Cl)cccc3Cl)noc2C2CC2)C[C@@H](C)N1c1nc(-c2ccc(C(=O)O)cc2F)cs1. The molecular formula is C31H30Cl2FN3O4S. The number of halogens is 3. The van der Waals surface area contributed by atoms with Gasteiger partial charge in [0.1, 0.15) is 17.3 Å². The van der Waals surface area contributed by atoms with Crippen LogP contribution in [0.5, 0.6) is 0 Å². The fourth-order valence-electron chi connectivity index (χ4n) is 5.82. The van der Waals surface area contributed by atoms with Crippen molar-refractivity contribution < 1.29 is 23.6 Å². The molecule has 1 saturated heterocycles. The number of carbonyl (C=O) groups is 1. The fraction of sp³-hybridized carbons (Fsp3) is 0.387. The minimum absolute atomic E-state index is 0.0122. The molecule has 220 valence electrons. The van der Waals surface area contributed by atoms with Crippen LogP contribution < -0.4 is 4.90 Å². The van der Waals surface area contributed by atoms with Crippen molar-refractivity contribution in [1.29, 1.82) is 0 Å². The van der Waals surface area contributed by atoms with Crippen molar-refractivity contribution in [2.75, 3.05) is 4.90 Å². The third-order valence-electron chi connectivity index (χ3n) is 8.11. The van der Waals surface area contributed by atoms with Crippen LogP contribution in [-0.4, -0.2) is 39.4 Å². The molecule has 2 aliphatic rings. The van der Waals surface area contributed by atoms with E-state index in [2.05, 4.69) is 23.9 Å². The summed E-state index contributed by atoms with van der Waals surface area (Å²) < 4.78 is 27.1. The molecule has 7 nitrogen and oxygen atoms in total. The maximum atomic E-state index is 14.7. The highest BCUT2D eigenvalue weighted by Crippen LogP contribution is 2.46. The molecule has 3 heterocycles. The van der Waals surface area contributed by atoms with Gasteiger partial charge in [-0.1, -0.05) is 41.3 Å². The average Bonchev–Trinajstić information content (AvgIpc) is 3.55. The van der Waals surface area contributed by atoms with Crippen molar-refractivity contribution in [2.45, 2.75) is 76.7 Å². The molecule has 1 aliphatic heterocycles. The highest BCUT2D eigenvalue weighted by Gasteiger charge is 2.37. The van der Waals surface area contributed by atoms with Gasteiger partial charge in [0.2, 0.25) is 0 Å². The zero-order chi connectivity index (χ0) is 29.5. The lowest BCUT2D eigenvalue weighted by Crippen LogP contribution is -2.50. The van der Waals surface area contributed by atoms with Crippen LogP contribution in [0.25, 0.3) is 22.5 Å². The maximum Gasteiger partial charge on any atom is 0.335 e. The molecular weight excluding hydrogens is 600 g/mol. The summed E-state index contributed by atoms with van der Waals surface area (Å²) in [7, 11) is 0. The lowest BCUT2D eigenvalue weighted by Gasteiger charge is -2.43. The largest absolute Gasteiger partial charge is 0.478 e. The molecule has 2 aromatic carbocycles. The van der Waals surface area contributed by atoms with Gasteiger partial charge in [-0.15, -0.1) is 11.3 Å². The molecule has 0 bridgehead atoms. The van der Waals surface area contributed by atoms with Gasteiger partial charge in [-0.2, -0.15) is 0 Å². The second kappa shape index (κ2) is 12.0. The summed E-state index contributed by atoms with van der Waals surface area (Å²) in [6.07, 6.45) is 4.63. The van der Waals surface area contributed by atoms with E-state index in [0.29, 0.717) is 39.5 Å². The summed E-state index contributed by atoms with van der Waals surface area (Å²) in [6.45, 7) is 4.66. The van der Waals surface area contributed by atoms with Crippen LogP contribution in [0.4, 0.5) is 9.52 Å². The van der Waals surface area contributed by atoms with E-state index in [4.69, 9.17) is 42.6 Å². The van der Waals surface area contributed by atoms with E-state index in [1.165, 1.54) is 23.5 Å². The molecule has 1 aliphatic carbocycles. The predicted molar refractivity (Wildman–Crippen MR) is 162 cm³/mol. The molecule has 1 saturated carbocycles. The summed E-state index contributed by atoms with van der Waals surface area (Å²) in [5.41, 5.74) is 2.91. The summed E-state index contributed by atoms with van der Waals surface area (Å²) in [5.74, 6) is -0.562. The highest BCUT2D eigenvalue weighted by atomic mass is 35.5. The Bertz CT molecular complexity index is 1600. The van der Waals surface area contributed by atoms with Crippen molar-refractivity contribution in [3.63, 3.8) is 0 Å². The van der Waals surface area contributed by atoms with Crippen LogP contribution in [0.1, 0.15) is 73.6 Å². The Balaban J connectivity index is 1.19. The van der Waals surface area contributed by atoms with Crippen molar-refractivity contribution in [2.24, 2.45) is 0 Å².